The van der Waals surface area contributed by atoms with Crippen molar-refractivity contribution in [3.05, 3.63) is 41.7 Å². The average molecular weight is 434 g/mol. The van der Waals surface area contributed by atoms with E-state index in [1.807, 2.05) is 37.5 Å². The van der Waals surface area contributed by atoms with Crippen molar-refractivity contribution in [1.29, 1.82) is 0 Å². The molecule has 1 aromatic heterocycles. The highest BCUT2D eigenvalue weighted by Crippen LogP contribution is 2.31. The lowest BCUT2D eigenvalue weighted by molar-refractivity contribution is 0.162. The number of aromatic nitrogens is 1. The van der Waals surface area contributed by atoms with Crippen LogP contribution < -0.4 is 20.1 Å². The maximum absolute atomic E-state index is 5.38. The number of aromatic amines is 1. The quantitative estimate of drug-likeness (QED) is 0.631. The molecule has 0 amide bonds. The summed E-state index contributed by atoms with van der Waals surface area (Å²) < 4.78 is 10.8. The van der Waals surface area contributed by atoms with Crippen LogP contribution in [0.2, 0.25) is 0 Å². The monoisotopic (exact) mass is 433 g/mol. The van der Waals surface area contributed by atoms with Crippen LogP contribution in [0.1, 0.15) is 37.1 Å². The molecular formula is C25H31N5O2. The molecule has 0 spiro atoms. The molecule has 7 nitrogen and oxygen atoms in total. The molecule has 1 aromatic carbocycles. The molecule has 2 aliphatic rings. The third-order valence-electron chi connectivity index (χ3n) is 5.90. The van der Waals surface area contributed by atoms with Gasteiger partial charge in [-0.3, -0.25) is 15.1 Å². The Bertz CT molecular complexity index is 1020. The maximum atomic E-state index is 5.38. The molecule has 1 saturated heterocycles. The minimum Gasteiger partial charge on any atom is -0.497 e. The number of anilines is 1. The summed E-state index contributed by atoms with van der Waals surface area (Å²) in [6.45, 7) is 5.46. The summed E-state index contributed by atoms with van der Waals surface area (Å²) in [6.07, 6.45) is 6.37. The van der Waals surface area contributed by atoms with Gasteiger partial charge in [-0.15, -0.1) is 5.92 Å². The maximum Gasteiger partial charge on any atom is 0.123 e. The Kier molecular flexibility index (Phi) is 7.11. The third-order valence-corrected chi connectivity index (χ3v) is 5.90. The van der Waals surface area contributed by atoms with E-state index in [1.165, 1.54) is 12.0 Å². The van der Waals surface area contributed by atoms with Gasteiger partial charge in [0.25, 0.3) is 0 Å². The van der Waals surface area contributed by atoms with Gasteiger partial charge in [0.2, 0.25) is 0 Å². The van der Waals surface area contributed by atoms with Gasteiger partial charge >= 0.3 is 0 Å². The van der Waals surface area contributed by atoms with Crippen molar-refractivity contribution in [3.63, 3.8) is 0 Å². The predicted octanol–water partition coefficient (Wildman–Crippen LogP) is 2.80. The fourth-order valence-corrected chi connectivity index (χ4v) is 4.23. The van der Waals surface area contributed by atoms with Gasteiger partial charge in [-0.1, -0.05) is 5.92 Å². The number of nitrogens with one attached hydrogen (secondary N) is 3. The molecule has 2 aliphatic heterocycles. The van der Waals surface area contributed by atoms with Crippen molar-refractivity contribution in [2.45, 2.75) is 32.0 Å². The number of ether oxygens (including phenoxy) is 2. The van der Waals surface area contributed by atoms with Crippen LogP contribution in [0.15, 0.2) is 30.6 Å². The van der Waals surface area contributed by atoms with Gasteiger partial charge in [0, 0.05) is 48.2 Å². The van der Waals surface area contributed by atoms with Crippen LogP contribution in [0.3, 0.4) is 0 Å². The molecule has 32 heavy (non-hydrogen) atoms. The third kappa shape index (κ3) is 5.13. The number of hydrogen-bond donors (Lipinski definition) is 3. The van der Waals surface area contributed by atoms with Crippen molar-refractivity contribution in [2.75, 3.05) is 45.8 Å². The second-order valence-corrected chi connectivity index (χ2v) is 8.04. The lowest BCUT2D eigenvalue weighted by Gasteiger charge is -2.39. The summed E-state index contributed by atoms with van der Waals surface area (Å²) in [5.74, 6) is 10.9. The molecule has 0 saturated carbocycles. The van der Waals surface area contributed by atoms with Crippen molar-refractivity contribution < 1.29 is 9.47 Å². The Labute approximate surface area is 190 Å². The number of piperidine rings is 1. The highest BCUT2D eigenvalue weighted by Gasteiger charge is 2.30. The predicted molar refractivity (Wildman–Crippen MR) is 126 cm³/mol. The summed E-state index contributed by atoms with van der Waals surface area (Å²) >= 11 is 0. The van der Waals surface area contributed by atoms with Crippen LogP contribution in [-0.2, 0) is 0 Å². The zero-order valence-electron chi connectivity index (χ0n) is 19.0. The van der Waals surface area contributed by atoms with Gasteiger partial charge in [-0.05, 0) is 44.4 Å². The second-order valence-electron chi connectivity index (χ2n) is 8.04. The lowest BCUT2D eigenvalue weighted by Crippen LogP contribution is -2.51. The number of H-pyrrole nitrogens is 1. The van der Waals surface area contributed by atoms with E-state index in [2.05, 4.69) is 49.2 Å². The highest BCUT2D eigenvalue weighted by molar-refractivity contribution is 5.53. The van der Waals surface area contributed by atoms with Gasteiger partial charge < -0.3 is 19.8 Å². The molecule has 3 N–H and O–H groups in total. The average Bonchev–Trinajstić information content (AvgIpc) is 3.31. The van der Waals surface area contributed by atoms with E-state index in [0.717, 1.165) is 48.8 Å². The Balaban J connectivity index is 1.54. The molecular weight excluding hydrogens is 402 g/mol. The lowest BCUT2D eigenvalue weighted by atomic mass is 10.0. The van der Waals surface area contributed by atoms with E-state index in [0.29, 0.717) is 12.7 Å². The summed E-state index contributed by atoms with van der Waals surface area (Å²) in [4.78, 5) is 7.77. The summed E-state index contributed by atoms with van der Waals surface area (Å²) in [7, 11) is 3.29. The molecule has 3 heterocycles. The summed E-state index contributed by atoms with van der Waals surface area (Å²) in [5, 5.41) is 7.31. The fourth-order valence-electron chi connectivity index (χ4n) is 4.23. The Morgan fingerprint density at radius 3 is 2.72 bits per heavy atom. The Morgan fingerprint density at radius 1 is 1.16 bits per heavy atom. The SMILES string of the molecule is CC#CCN1CCCC(N[C@@H]2c3c[nH]cc3NCN2C#Cc2cc(OC)cc(OC)c2)C1. The first-order chi connectivity index (χ1) is 15.7. The number of methoxy groups -OCH3 is 2. The van der Waals surface area contributed by atoms with Crippen LogP contribution in [0.4, 0.5) is 5.69 Å². The fraction of sp³-hybridized carbons (Fsp3) is 0.440. The van der Waals surface area contributed by atoms with E-state index in [-0.39, 0.29) is 6.17 Å². The van der Waals surface area contributed by atoms with Crippen LogP contribution in [0.25, 0.3) is 0 Å². The van der Waals surface area contributed by atoms with Crippen molar-refractivity contribution in [1.82, 2.24) is 20.1 Å². The second kappa shape index (κ2) is 10.4. The van der Waals surface area contributed by atoms with E-state index in [1.54, 1.807) is 14.2 Å². The van der Waals surface area contributed by atoms with Crippen LogP contribution in [0.5, 0.6) is 11.5 Å². The molecule has 4 rings (SSSR count). The van der Waals surface area contributed by atoms with Gasteiger partial charge in [0.1, 0.15) is 17.7 Å². The molecule has 0 bridgehead atoms. The van der Waals surface area contributed by atoms with E-state index in [9.17, 15) is 0 Å². The smallest absolute Gasteiger partial charge is 0.123 e. The van der Waals surface area contributed by atoms with Crippen LogP contribution in [-0.4, -0.2) is 61.3 Å². The standard InChI is InChI=1S/C25H31N5O2/c1-4-5-9-29-10-6-7-20(17-29)28-25-23-15-26-16-24(23)27-18-30(25)11-8-19-12-21(31-2)14-22(13-19)32-3/h12-16,20,25-28H,6-7,9-10,17-18H2,1-3H3/t20?,25-/m0/s1. The molecule has 2 aromatic rings. The van der Waals surface area contributed by atoms with Crippen molar-refractivity contribution in [2.24, 2.45) is 0 Å². The normalized spacial score (nSPS) is 20.2. The molecule has 0 radical (unpaired) electrons. The first-order valence-electron chi connectivity index (χ1n) is 11.0. The minimum absolute atomic E-state index is 0.000266. The Hall–Kier alpha value is -3.26. The zero-order chi connectivity index (χ0) is 22.3. The summed E-state index contributed by atoms with van der Waals surface area (Å²) in [6, 6.07) is 9.43. The first-order valence-corrected chi connectivity index (χ1v) is 11.0. The van der Waals surface area contributed by atoms with E-state index < -0.39 is 0 Å². The van der Waals surface area contributed by atoms with Gasteiger partial charge in [-0.2, -0.15) is 0 Å². The highest BCUT2D eigenvalue weighted by atomic mass is 16.5. The van der Waals surface area contributed by atoms with E-state index >= 15 is 0 Å². The number of fused-ring (bicyclic) bond motifs is 1. The van der Waals surface area contributed by atoms with Gasteiger partial charge in [-0.25, -0.2) is 0 Å². The largest absolute Gasteiger partial charge is 0.497 e. The molecule has 0 aliphatic carbocycles. The molecule has 1 fully saturated rings. The zero-order valence-corrected chi connectivity index (χ0v) is 19.0. The van der Waals surface area contributed by atoms with Crippen LogP contribution >= 0.6 is 0 Å². The number of benzene rings is 1. The molecule has 168 valence electrons. The van der Waals surface area contributed by atoms with Gasteiger partial charge in [0.15, 0.2) is 0 Å². The summed E-state index contributed by atoms with van der Waals surface area (Å²) in [5.41, 5.74) is 3.15. The van der Waals surface area contributed by atoms with E-state index in [4.69, 9.17) is 9.47 Å². The van der Waals surface area contributed by atoms with Crippen LogP contribution in [0, 0.1) is 23.8 Å². The molecule has 2 atom stereocenters. The Morgan fingerprint density at radius 2 is 1.97 bits per heavy atom. The van der Waals surface area contributed by atoms with Crippen molar-refractivity contribution in [3.8, 4) is 35.3 Å². The topological polar surface area (TPSA) is 64.8 Å². The number of nitrogens with zero attached hydrogens (tertiary/aromatic N) is 2. The van der Waals surface area contributed by atoms with Gasteiger partial charge in [0.05, 0.1) is 33.1 Å². The number of hydrogen-bond acceptors (Lipinski definition) is 6. The first kappa shape index (κ1) is 22.0. The molecule has 7 heteroatoms. The van der Waals surface area contributed by atoms with Crippen molar-refractivity contribution >= 4 is 5.69 Å². The minimum atomic E-state index is -0.000266. The number of likely N-dealkylation sites (tertiary alicyclic amines) is 1. The number of rotatable bonds is 5. The molecule has 1 unspecified atom stereocenters.